The van der Waals surface area contributed by atoms with Gasteiger partial charge in [-0.1, -0.05) is 17.3 Å². The van der Waals surface area contributed by atoms with Gasteiger partial charge in [-0.15, -0.1) is 0 Å². The van der Waals surface area contributed by atoms with Crippen LogP contribution < -0.4 is 4.72 Å². The van der Waals surface area contributed by atoms with Gasteiger partial charge in [0.25, 0.3) is 0 Å². The number of amides is 1. The van der Waals surface area contributed by atoms with Crippen molar-refractivity contribution in [3.05, 3.63) is 30.0 Å². The molecule has 0 radical (unpaired) electrons. The van der Waals surface area contributed by atoms with Crippen LogP contribution >= 0.6 is 0 Å². The van der Waals surface area contributed by atoms with Crippen LogP contribution in [0.2, 0.25) is 0 Å². The van der Waals surface area contributed by atoms with Crippen LogP contribution in [0.15, 0.2) is 28.8 Å². The Labute approximate surface area is 153 Å². The topological polar surface area (TPSA) is 92.5 Å². The number of piperidine rings is 1. The average Bonchev–Trinajstić information content (AvgIpc) is 2.98. The van der Waals surface area contributed by atoms with E-state index in [1.54, 1.807) is 13.8 Å². The van der Waals surface area contributed by atoms with Crippen LogP contribution in [0, 0.1) is 5.41 Å². The molecule has 0 spiro atoms. The van der Waals surface area contributed by atoms with Crippen molar-refractivity contribution in [2.45, 2.75) is 32.6 Å². The quantitative estimate of drug-likeness (QED) is 0.855. The summed E-state index contributed by atoms with van der Waals surface area (Å²) in [4.78, 5) is 14.4. The number of benzene rings is 1. The van der Waals surface area contributed by atoms with Crippen LogP contribution in [0.1, 0.15) is 38.3 Å². The summed E-state index contributed by atoms with van der Waals surface area (Å²) in [7, 11) is -3.54. The third kappa shape index (κ3) is 4.24. The van der Waals surface area contributed by atoms with Crippen LogP contribution in [-0.2, 0) is 14.8 Å². The van der Waals surface area contributed by atoms with Crippen molar-refractivity contribution in [3.63, 3.8) is 0 Å². The maximum atomic E-state index is 12.2. The van der Waals surface area contributed by atoms with E-state index >= 15 is 0 Å². The van der Waals surface area contributed by atoms with Gasteiger partial charge >= 0.3 is 0 Å². The Balaban J connectivity index is 1.61. The number of nitrogens with one attached hydrogen (secondary N) is 1. The zero-order valence-electron chi connectivity index (χ0n) is 15.4. The summed E-state index contributed by atoms with van der Waals surface area (Å²) in [5.74, 6) is -0.132. The van der Waals surface area contributed by atoms with Gasteiger partial charge in [-0.3, -0.25) is 9.52 Å². The molecule has 142 valence electrons. The summed E-state index contributed by atoms with van der Waals surface area (Å²) in [6, 6.07) is 7.88. The van der Waals surface area contributed by atoms with Crippen molar-refractivity contribution in [2.24, 2.45) is 5.41 Å². The molecule has 0 unspecified atom stereocenters. The number of sulfonamides is 1. The monoisotopic (exact) mass is 379 g/mol. The minimum atomic E-state index is -3.54. The Hall–Kier alpha value is -1.93. The zero-order valence-corrected chi connectivity index (χ0v) is 16.2. The molecule has 1 aromatic heterocycles. The molecule has 7 nitrogen and oxygen atoms in total. The molecule has 0 atom stereocenters. The first-order valence-electron chi connectivity index (χ1n) is 8.74. The lowest BCUT2D eigenvalue weighted by Crippen LogP contribution is -2.48. The molecule has 0 bridgehead atoms. The van der Waals surface area contributed by atoms with Crippen molar-refractivity contribution in [1.82, 2.24) is 14.8 Å². The maximum absolute atomic E-state index is 12.2. The largest absolute Gasteiger partial charge is 0.356 e. The number of fused-ring (bicyclic) bond motifs is 1. The second-order valence-corrected chi connectivity index (χ2v) is 9.45. The fourth-order valence-electron chi connectivity index (χ4n) is 3.50. The molecule has 1 amide bonds. The first kappa shape index (κ1) is 18.8. The molecule has 1 saturated heterocycles. The van der Waals surface area contributed by atoms with Gasteiger partial charge in [0.15, 0.2) is 5.58 Å². The summed E-state index contributed by atoms with van der Waals surface area (Å²) in [5.41, 5.74) is 1.04. The predicted octanol–water partition coefficient (Wildman–Crippen LogP) is 2.11. The van der Waals surface area contributed by atoms with Gasteiger partial charge < -0.3 is 9.42 Å². The first-order valence-corrected chi connectivity index (χ1v) is 10.6. The van der Waals surface area contributed by atoms with Gasteiger partial charge in [-0.05, 0) is 51.9 Å². The molecule has 1 fully saturated rings. The molecule has 26 heavy (non-hydrogen) atoms. The molecule has 2 heterocycles. The highest BCUT2D eigenvalue weighted by Crippen LogP contribution is 2.33. The van der Waals surface area contributed by atoms with Crippen LogP contribution in [0.3, 0.4) is 0 Å². The number of hydrogen-bond donors (Lipinski definition) is 1. The molecule has 1 aliphatic rings. The summed E-state index contributed by atoms with van der Waals surface area (Å²) in [6.07, 6.45) is 2.86. The number of para-hydroxylation sites is 1. The second-order valence-electron chi connectivity index (χ2n) is 7.70. The number of nitrogens with zero attached hydrogens (tertiary/aromatic N) is 2. The van der Waals surface area contributed by atoms with Crippen LogP contribution in [-0.4, -0.2) is 50.3 Å². The minimum Gasteiger partial charge on any atom is -0.356 e. The highest BCUT2D eigenvalue weighted by atomic mass is 32.2. The van der Waals surface area contributed by atoms with E-state index in [0.29, 0.717) is 12.5 Å². The van der Waals surface area contributed by atoms with Crippen LogP contribution in [0.4, 0.5) is 0 Å². The molecular weight excluding hydrogens is 354 g/mol. The molecular formula is C18H25N3O4S. The average molecular weight is 379 g/mol. The van der Waals surface area contributed by atoms with E-state index in [4.69, 9.17) is 4.52 Å². The smallest absolute Gasteiger partial charge is 0.240 e. The second kappa shape index (κ2) is 7.00. The molecule has 8 heteroatoms. The number of aromatic nitrogens is 1. The Morgan fingerprint density at radius 3 is 2.62 bits per heavy atom. The molecule has 0 saturated carbocycles. The fraction of sp³-hybridized carbons (Fsp3) is 0.556. The molecule has 1 N–H and O–H groups in total. The van der Waals surface area contributed by atoms with Crippen molar-refractivity contribution in [3.8, 4) is 0 Å². The number of likely N-dealkylation sites (tertiary alicyclic amines) is 1. The van der Waals surface area contributed by atoms with Crippen molar-refractivity contribution in [1.29, 1.82) is 0 Å². The molecule has 2 aromatic rings. The normalized spacial score (nSPS) is 17.5. The molecule has 3 rings (SSSR count). The van der Waals surface area contributed by atoms with Gasteiger partial charge in [0.1, 0.15) is 0 Å². The third-order valence-electron chi connectivity index (χ3n) is 4.89. The lowest BCUT2D eigenvalue weighted by atomic mass is 9.88. The summed E-state index contributed by atoms with van der Waals surface area (Å²) in [5, 5.41) is 5.33. The summed E-state index contributed by atoms with van der Waals surface area (Å²) >= 11 is 0. The van der Waals surface area contributed by atoms with Gasteiger partial charge in [0.05, 0.1) is 17.4 Å². The van der Waals surface area contributed by atoms with Crippen molar-refractivity contribution in [2.75, 3.05) is 25.9 Å². The minimum absolute atomic E-state index is 0.336. The van der Waals surface area contributed by atoms with Gasteiger partial charge in [-0.25, -0.2) is 8.42 Å². The van der Waals surface area contributed by atoms with Gasteiger partial charge in [0, 0.05) is 17.8 Å². The third-order valence-corrected chi connectivity index (χ3v) is 5.45. The van der Waals surface area contributed by atoms with E-state index in [2.05, 4.69) is 14.8 Å². The maximum Gasteiger partial charge on any atom is 0.240 e. The van der Waals surface area contributed by atoms with Crippen LogP contribution in [0.25, 0.3) is 11.0 Å². The van der Waals surface area contributed by atoms with E-state index in [1.807, 2.05) is 24.3 Å². The van der Waals surface area contributed by atoms with E-state index < -0.39 is 21.3 Å². The van der Waals surface area contributed by atoms with E-state index in [-0.39, 0.29) is 0 Å². The standard InChI is InChI=1S/C18H25N3O4S/c1-18(2,17(22)20-26(3,23)24)12-21-10-8-13(9-11-21)16-14-6-4-5-7-15(14)25-19-16/h4-7,13H,8-12H2,1-3H3,(H,20,22). The Morgan fingerprint density at radius 2 is 1.96 bits per heavy atom. The Kier molecular flexibility index (Phi) is 5.07. The first-order chi connectivity index (χ1) is 12.2. The summed E-state index contributed by atoms with van der Waals surface area (Å²) in [6.45, 7) is 5.72. The molecule has 1 aliphatic heterocycles. The lowest BCUT2D eigenvalue weighted by Gasteiger charge is -2.36. The molecule has 1 aromatic carbocycles. The SMILES string of the molecule is CC(C)(CN1CCC(c2noc3ccccc23)CC1)C(=O)NS(C)(=O)=O. The zero-order chi connectivity index (χ0) is 18.9. The van der Waals surface area contributed by atoms with E-state index in [1.165, 1.54) is 0 Å². The van der Waals surface area contributed by atoms with Crippen molar-refractivity contribution < 1.29 is 17.7 Å². The predicted molar refractivity (Wildman–Crippen MR) is 99.2 cm³/mol. The number of carbonyl (C=O) groups excluding carboxylic acids is 1. The molecule has 0 aliphatic carbocycles. The number of carbonyl (C=O) groups is 1. The number of rotatable bonds is 5. The van der Waals surface area contributed by atoms with Crippen molar-refractivity contribution >= 4 is 26.9 Å². The lowest BCUT2D eigenvalue weighted by molar-refractivity contribution is -0.128. The van der Waals surface area contributed by atoms with E-state index in [0.717, 1.165) is 48.9 Å². The Morgan fingerprint density at radius 1 is 1.31 bits per heavy atom. The highest BCUT2D eigenvalue weighted by molar-refractivity contribution is 7.89. The number of hydrogen-bond acceptors (Lipinski definition) is 6. The fourth-order valence-corrected chi connectivity index (χ4v) is 4.11. The summed E-state index contributed by atoms with van der Waals surface area (Å²) < 4.78 is 30.1. The van der Waals surface area contributed by atoms with Gasteiger partial charge in [-0.2, -0.15) is 0 Å². The van der Waals surface area contributed by atoms with Crippen LogP contribution in [0.5, 0.6) is 0 Å². The Bertz CT molecular complexity index is 896. The highest BCUT2D eigenvalue weighted by Gasteiger charge is 2.34. The van der Waals surface area contributed by atoms with E-state index in [9.17, 15) is 13.2 Å². The van der Waals surface area contributed by atoms with Gasteiger partial charge in [0.2, 0.25) is 15.9 Å².